The minimum atomic E-state index is -0.361. The molecule has 6 rings (SSSR count). The Hall–Kier alpha value is -5.56. The molecule has 0 fully saturated rings. The van der Waals surface area contributed by atoms with E-state index in [0.717, 1.165) is 61.8 Å². The van der Waals surface area contributed by atoms with Gasteiger partial charge < -0.3 is 23.8 Å². The van der Waals surface area contributed by atoms with Gasteiger partial charge in [0.15, 0.2) is 12.5 Å². The van der Waals surface area contributed by atoms with Crippen LogP contribution in [0.5, 0.6) is 23.0 Å². The molecular formula is C48H50O6. The summed E-state index contributed by atoms with van der Waals surface area (Å²) in [7, 11) is 3.33. The zero-order chi connectivity index (χ0) is 38.3. The topological polar surface area (TPSA) is 55.4 Å². The third-order valence-corrected chi connectivity index (χ3v) is 10.3. The Morgan fingerprint density at radius 2 is 0.870 bits per heavy atom. The number of methoxy groups -OCH3 is 2. The Morgan fingerprint density at radius 3 is 1.35 bits per heavy atom. The Kier molecular flexibility index (Phi) is 11.8. The molecule has 0 unspecified atom stereocenters. The quantitative estimate of drug-likeness (QED) is 0.0455. The van der Waals surface area contributed by atoms with E-state index in [0.29, 0.717) is 5.75 Å². The highest BCUT2D eigenvalue weighted by atomic mass is 17.2. The summed E-state index contributed by atoms with van der Waals surface area (Å²) in [4.78, 5) is 11.7. The van der Waals surface area contributed by atoms with Gasteiger partial charge in [0.1, 0.15) is 17.2 Å². The van der Waals surface area contributed by atoms with Crippen molar-refractivity contribution in [2.24, 2.45) is 0 Å². The predicted octanol–water partition coefficient (Wildman–Crippen LogP) is 11.6. The third kappa shape index (κ3) is 8.31. The highest BCUT2D eigenvalue weighted by molar-refractivity contribution is 5.74. The van der Waals surface area contributed by atoms with E-state index in [1.807, 2.05) is 67.6 Å². The molecule has 54 heavy (non-hydrogen) atoms. The fourth-order valence-corrected chi connectivity index (χ4v) is 6.82. The Morgan fingerprint density at radius 1 is 0.444 bits per heavy atom. The van der Waals surface area contributed by atoms with Gasteiger partial charge in [-0.2, -0.15) is 0 Å². The van der Waals surface area contributed by atoms with Gasteiger partial charge in [-0.1, -0.05) is 125 Å². The molecule has 0 atom stereocenters. The first-order chi connectivity index (χ1) is 26.0. The molecule has 6 aromatic rings. The highest BCUT2D eigenvalue weighted by Crippen LogP contribution is 2.41. The fourth-order valence-electron chi connectivity index (χ4n) is 6.82. The van der Waals surface area contributed by atoms with Crippen LogP contribution in [0.15, 0.2) is 133 Å². The van der Waals surface area contributed by atoms with E-state index in [1.165, 1.54) is 11.1 Å². The summed E-state index contributed by atoms with van der Waals surface area (Å²) in [6, 6.07) is 45.7. The van der Waals surface area contributed by atoms with Gasteiger partial charge in [0.05, 0.1) is 7.11 Å². The third-order valence-electron chi connectivity index (χ3n) is 10.3. The van der Waals surface area contributed by atoms with Crippen LogP contribution in [-0.2, 0) is 20.5 Å². The molecule has 0 spiro atoms. The summed E-state index contributed by atoms with van der Waals surface area (Å²) in [6.07, 6.45) is 0. The highest BCUT2D eigenvalue weighted by Gasteiger charge is 2.27. The van der Waals surface area contributed by atoms with Crippen LogP contribution in [0, 0.1) is 13.8 Å². The number of benzene rings is 6. The lowest BCUT2D eigenvalue weighted by Crippen LogP contribution is -2.19. The van der Waals surface area contributed by atoms with E-state index in [1.54, 1.807) is 14.2 Å². The molecule has 0 N–H and O–H groups in total. The van der Waals surface area contributed by atoms with E-state index in [9.17, 15) is 0 Å². The van der Waals surface area contributed by atoms with E-state index in [4.69, 9.17) is 28.7 Å². The molecule has 0 aromatic heterocycles. The van der Waals surface area contributed by atoms with Crippen LogP contribution >= 0.6 is 0 Å². The minimum Gasteiger partial charge on any atom is -0.496 e. The van der Waals surface area contributed by atoms with Crippen LogP contribution in [0.4, 0.5) is 0 Å². The van der Waals surface area contributed by atoms with Gasteiger partial charge in [-0.3, -0.25) is 0 Å². The van der Waals surface area contributed by atoms with Gasteiger partial charge in [-0.25, -0.2) is 0 Å². The van der Waals surface area contributed by atoms with Crippen molar-refractivity contribution in [1.82, 2.24) is 0 Å². The van der Waals surface area contributed by atoms with Crippen LogP contribution in [0.3, 0.4) is 0 Å². The number of hydrogen-bond donors (Lipinski definition) is 0. The van der Waals surface area contributed by atoms with E-state index < -0.39 is 0 Å². The molecule has 0 aliphatic carbocycles. The van der Waals surface area contributed by atoms with Crippen molar-refractivity contribution in [2.45, 2.75) is 52.4 Å². The smallest absolute Gasteiger partial charge is 0.232 e. The van der Waals surface area contributed by atoms with Crippen molar-refractivity contribution in [2.75, 3.05) is 27.8 Å². The van der Waals surface area contributed by atoms with Gasteiger partial charge in [-0.15, -0.1) is 4.89 Å². The molecule has 0 aliphatic heterocycles. The number of aryl methyl sites for hydroxylation is 2. The predicted molar refractivity (Wildman–Crippen MR) is 217 cm³/mol. The summed E-state index contributed by atoms with van der Waals surface area (Å²) in [5.41, 5.74) is 10.3. The average Bonchev–Trinajstić information content (AvgIpc) is 3.19. The van der Waals surface area contributed by atoms with Crippen LogP contribution in [0.25, 0.3) is 22.3 Å². The largest absolute Gasteiger partial charge is 0.496 e. The summed E-state index contributed by atoms with van der Waals surface area (Å²) < 4.78 is 22.7. The van der Waals surface area contributed by atoms with Gasteiger partial charge in [-0.05, 0) is 94.8 Å². The number of hydrogen-bond acceptors (Lipinski definition) is 6. The Bertz CT molecular complexity index is 2170. The summed E-state index contributed by atoms with van der Waals surface area (Å²) >= 11 is 0. The molecule has 6 nitrogen and oxygen atoms in total. The van der Waals surface area contributed by atoms with E-state index in [-0.39, 0.29) is 24.4 Å². The molecule has 0 aliphatic rings. The Labute approximate surface area is 320 Å². The standard InChI is InChI=1S/C48H50O6/c1-33-27-37(19-23-43(33)50-8)47(3,4)38-20-24-44(34(2)28-38)52-32-53-54-46-26-22-40(30-42(46)36-17-13-10-14-18-36)48(5,6)39-21-25-45(51-31-49-7)41(29-39)35-15-11-9-12-16-35/h9-30H,31-32H2,1-8H3. The second-order valence-corrected chi connectivity index (χ2v) is 14.6. The second kappa shape index (κ2) is 16.6. The van der Waals surface area contributed by atoms with Crippen LogP contribution < -0.4 is 19.1 Å². The summed E-state index contributed by atoms with van der Waals surface area (Å²) in [6.45, 7) is 13.1. The molecule has 278 valence electrons. The lowest BCUT2D eigenvalue weighted by atomic mass is 9.76. The lowest BCUT2D eigenvalue weighted by Gasteiger charge is -2.28. The molecule has 0 bridgehead atoms. The van der Waals surface area contributed by atoms with Gasteiger partial charge >= 0.3 is 0 Å². The average molecular weight is 723 g/mol. The van der Waals surface area contributed by atoms with Crippen molar-refractivity contribution >= 4 is 0 Å². The zero-order valence-electron chi connectivity index (χ0n) is 32.6. The fraction of sp³-hybridized carbons (Fsp3) is 0.250. The van der Waals surface area contributed by atoms with Crippen LogP contribution in [0.2, 0.25) is 0 Å². The molecule has 0 radical (unpaired) electrons. The van der Waals surface area contributed by atoms with E-state index in [2.05, 4.69) is 107 Å². The summed E-state index contributed by atoms with van der Waals surface area (Å²) in [5, 5.41) is 0. The van der Waals surface area contributed by atoms with Crippen molar-refractivity contribution in [3.8, 4) is 45.3 Å². The van der Waals surface area contributed by atoms with Crippen molar-refractivity contribution < 1.29 is 28.7 Å². The van der Waals surface area contributed by atoms with Crippen molar-refractivity contribution in [1.29, 1.82) is 0 Å². The molecule has 0 heterocycles. The minimum absolute atomic E-state index is 0.0809. The number of ether oxygens (including phenoxy) is 4. The van der Waals surface area contributed by atoms with E-state index >= 15 is 0 Å². The molecule has 0 saturated carbocycles. The molecule has 0 saturated heterocycles. The zero-order valence-corrected chi connectivity index (χ0v) is 32.6. The van der Waals surface area contributed by atoms with Gasteiger partial charge in [0.25, 0.3) is 0 Å². The first-order valence-electron chi connectivity index (χ1n) is 18.2. The maximum Gasteiger partial charge on any atom is 0.232 e. The summed E-state index contributed by atoms with van der Waals surface area (Å²) in [5.74, 6) is 2.99. The van der Waals surface area contributed by atoms with Crippen molar-refractivity contribution in [3.63, 3.8) is 0 Å². The Balaban J connectivity index is 1.20. The monoisotopic (exact) mass is 722 g/mol. The van der Waals surface area contributed by atoms with Gasteiger partial charge in [0.2, 0.25) is 6.79 Å². The molecule has 6 heteroatoms. The normalized spacial score (nSPS) is 11.6. The van der Waals surface area contributed by atoms with Gasteiger partial charge in [0, 0.05) is 29.1 Å². The first-order valence-corrected chi connectivity index (χ1v) is 18.2. The molecule has 6 aromatic carbocycles. The van der Waals surface area contributed by atoms with Crippen LogP contribution in [-0.4, -0.2) is 27.8 Å². The SMILES string of the molecule is COCOc1ccc(C(C)(C)c2ccc(OOCOc3ccc(C(C)(C)c4ccc(OC)c(C)c4)cc3C)c(-c3ccccc3)c2)cc1-c1ccccc1. The lowest BCUT2D eigenvalue weighted by molar-refractivity contribution is -0.245. The molecular weight excluding hydrogens is 673 g/mol. The first kappa shape index (κ1) is 38.2. The van der Waals surface area contributed by atoms with Crippen molar-refractivity contribution in [3.05, 3.63) is 167 Å². The van der Waals surface area contributed by atoms with Crippen LogP contribution in [0.1, 0.15) is 61.1 Å². The maximum atomic E-state index is 6.06. The molecule has 0 amide bonds. The maximum absolute atomic E-state index is 6.06. The second-order valence-electron chi connectivity index (χ2n) is 14.6. The number of rotatable bonds is 15.